The zero-order chi connectivity index (χ0) is 24.6. The highest BCUT2D eigenvalue weighted by Gasteiger charge is 2.25. The fourth-order valence-electron chi connectivity index (χ4n) is 3.79. The number of nitrogens with zero attached hydrogens (tertiary/aromatic N) is 1. The molecule has 4 aromatic rings. The summed E-state index contributed by atoms with van der Waals surface area (Å²) in [6.45, 7) is 1.89. The van der Waals surface area contributed by atoms with E-state index in [9.17, 15) is 27.9 Å². The number of carbonyl (C=O) groups excluding carboxylic acids is 1. The van der Waals surface area contributed by atoms with Gasteiger partial charge in [0.15, 0.2) is 11.6 Å². The SMILES string of the molecule is CCCc1nc2oc(-c3ccc(F)cc3)c(C(=O)NC)c2cc1-c1cc(F)c(F)c(C(=O)O)c1. The first-order valence-corrected chi connectivity index (χ1v) is 10.4. The Bertz CT molecular complexity index is 1430. The number of pyridine rings is 1. The summed E-state index contributed by atoms with van der Waals surface area (Å²) in [6.07, 6.45) is 1.07. The lowest BCUT2D eigenvalue weighted by molar-refractivity contribution is 0.0690. The Morgan fingerprint density at radius 2 is 1.76 bits per heavy atom. The number of aromatic nitrogens is 1. The minimum atomic E-state index is -1.61. The van der Waals surface area contributed by atoms with Crippen LogP contribution in [0.15, 0.2) is 46.9 Å². The smallest absolute Gasteiger partial charge is 0.338 e. The van der Waals surface area contributed by atoms with Gasteiger partial charge in [0.2, 0.25) is 5.71 Å². The van der Waals surface area contributed by atoms with E-state index < -0.39 is 34.9 Å². The van der Waals surface area contributed by atoms with E-state index >= 15 is 0 Å². The molecule has 0 saturated carbocycles. The number of aromatic carboxylic acids is 1. The number of nitrogens with one attached hydrogen (secondary N) is 1. The van der Waals surface area contributed by atoms with Crippen molar-refractivity contribution in [3.63, 3.8) is 0 Å². The summed E-state index contributed by atoms with van der Waals surface area (Å²) in [7, 11) is 1.43. The quantitative estimate of drug-likeness (QED) is 0.385. The maximum Gasteiger partial charge on any atom is 0.338 e. The summed E-state index contributed by atoms with van der Waals surface area (Å²) in [4.78, 5) is 28.7. The molecule has 0 aliphatic carbocycles. The van der Waals surface area contributed by atoms with Gasteiger partial charge in [0, 0.05) is 18.2 Å². The fourth-order valence-corrected chi connectivity index (χ4v) is 3.79. The molecule has 0 spiro atoms. The van der Waals surface area contributed by atoms with Crippen LogP contribution in [0.4, 0.5) is 13.2 Å². The van der Waals surface area contributed by atoms with Gasteiger partial charge in [0.1, 0.15) is 11.6 Å². The second kappa shape index (κ2) is 9.01. The average Bonchev–Trinajstić information content (AvgIpc) is 3.18. The predicted octanol–water partition coefficient (Wildman–Crippen LogP) is 5.59. The Hall–Kier alpha value is -4.14. The molecular weight excluding hydrogens is 449 g/mol. The van der Waals surface area contributed by atoms with Crippen molar-refractivity contribution in [2.24, 2.45) is 0 Å². The van der Waals surface area contributed by atoms with Gasteiger partial charge in [-0.1, -0.05) is 13.3 Å². The van der Waals surface area contributed by atoms with Crippen molar-refractivity contribution in [3.05, 3.63) is 76.7 Å². The first-order chi connectivity index (χ1) is 16.2. The number of benzene rings is 2. The van der Waals surface area contributed by atoms with E-state index in [2.05, 4.69) is 10.3 Å². The van der Waals surface area contributed by atoms with Crippen LogP contribution in [0.5, 0.6) is 0 Å². The molecule has 0 aliphatic rings. The second-order valence-corrected chi connectivity index (χ2v) is 7.60. The number of halogens is 3. The van der Waals surface area contributed by atoms with Gasteiger partial charge in [-0.25, -0.2) is 22.9 Å². The van der Waals surface area contributed by atoms with Crippen molar-refractivity contribution in [1.29, 1.82) is 0 Å². The van der Waals surface area contributed by atoms with E-state index in [1.807, 2.05) is 6.92 Å². The molecule has 9 heteroatoms. The monoisotopic (exact) mass is 468 g/mol. The summed E-state index contributed by atoms with van der Waals surface area (Å²) in [6, 6.07) is 8.85. The van der Waals surface area contributed by atoms with Crippen LogP contribution in [-0.2, 0) is 6.42 Å². The van der Waals surface area contributed by atoms with Gasteiger partial charge in [-0.3, -0.25) is 4.79 Å². The van der Waals surface area contributed by atoms with Gasteiger partial charge < -0.3 is 14.8 Å². The Morgan fingerprint density at radius 1 is 1.06 bits per heavy atom. The van der Waals surface area contributed by atoms with Gasteiger partial charge in [0.25, 0.3) is 5.91 Å². The average molecular weight is 468 g/mol. The number of fused-ring (bicyclic) bond motifs is 1. The van der Waals surface area contributed by atoms with Crippen molar-refractivity contribution >= 4 is 23.0 Å². The maximum atomic E-state index is 14.3. The number of aryl methyl sites for hydroxylation is 1. The Kier molecular flexibility index (Phi) is 6.10. The maximum absolute atomic E-state index is 14.3. The molecule has 6 nitrogen and oxygen atoms in total. The van der Waals surface area contributed by atoms with Crippen molar-refractivity contribution < 1.29 is 32.3 Å². The van der Waals surface area contributed by atoms with Crippen LogP contribution in [0.2, 0.25) is 0 Å². The zero-order valence-electron chi connectivity index (χ0n) is 18.2. The van der Waals surface area contributed by atoms with Crippen LogP contribution in [0, 0.1) is 17.5 Å². The Balaban J connectivity index is 2.04. The van der Waals surface area contributed by atoms with Crippen LogP contribution in [-0.4, -0.2) is 29.0 Å². The number of furan rings is 1. The van der Waals surface area contributed by atoms with Gasteiger partial charge in [-0.05, 0) is 54.4 Å². The van der Waals surface area contributed by atoms with Crippen molar-refractivity contribution in [3.8, 4) is 22.5 Å². The first-order valence-electron chi connectivity index (χ1n) is 10.4. The van der Waals surface area contributed by atoms with E-state index in [-0.39, 0.29) is 28.0 Å². The lowest BCUT2D eigenvalue weighted by Gasteiger charge is -2.11. The molecule has 0 fully saturated rings. The number of hydrogen-bond acceptors (Lipinski definition) is 4. The summed E-state index contributed by atoms with van der Waals surface area (Å²) in [5.74, 6) is -5.18. The predicted molar refractivity (Wildman–Crippen MR) is 119 cm³/mol. The molecule has 2 aromatic heterocycles. The van der Waals surface area contributed by atoms with Crippen LogP contribution in [0.25, 0.3) is 33.6 Å². The molecule has 174 valence electrons. The molecule has 2 heterocycles. The van der Waals surface area contributed by atoms with Crippen molar-refractivity contribution in [2.45, 2.75) is 19.8 Å². The summed E-state index contributed by atoms with van der Waals surface area (Å²) in [5, 5.41) is 12.1. The minimum absolute atomic E-state index is 0.0986. The Morgan fingerprint density at radius 3 is 2.38 bits per heavy atom. The molecule has 2 N–H and O–H groups in total. The normalized spacial score (nSPS) is 11.1. The molecule has 34 heavy (non-hydrogen) atoms. The second-order valence-electron chi connectivity index (χ2n) is 7.60. The molecule has 2 aromatic carbocycles. The summed E-state index contributed by atoms with van der Waals surface area (Å²) < 4.78 is 47.6. The number of amides is 1. The molecule has 0 saturated heterocycles. The first kappa shape index (κ1) is 23.0. The zero-order valence-corrected chi connectivity index (χ0v) is 18.2. The highest BCUT2D eigenvalue weighted by molar-refractivity contribution is 6.11. The minimum Gasteiger partial charge on any atom is -0.478 e. The summed E-state index contributed by atoms with van der Waals surface area (Å²) in [5.41, 5.74) is 0.781. The topological polar surface area (TPSA) is 92.4 Å². The molecule has 4 rings (SSSR count). The van der Waals surface area contributed by atoms with Crippen LogP contribution < -0.4 is 5.32 Å². The van der Waals surface area contributed by atoms with Gasteiger partial charge in [-0.2, -0.15) is 0 Å². The van der Waals surface area contributed by atoms with Crippen LogP contribution in [0.3, 0.4) is 0 Å². The molecule has 0 atom stereocenters. The third-order valence-corrected chi connectivity index (χ3v) is 5.38. The van der Waals surface area contributed by atoms with Crippen LogP contribution >= 0.6 is 0 Å². The third kappa shape index (κ3) is 4.00. The van der Waals surface area contributed by atoms with Crippen LogP contribution in [0.1, 0.15) is 39.8 Å². The lowest BCUT2D eigenvalue weighted by Crippen LogP contribution is -2.18. The van der Waals surface area contributed by atoms with Gasteiger partial charge in [-0.15, -0.1) is 0 Å². The van der Waals surface area contributed by atoms with E-state index in [1.165, 1.54) is 31.3 Å². The standard InChI is InChI=1S/C25H19F3N2O4/c1-3-4-19-15(13-9-17(25(32)33)21(28)18(27)10-13)11-16-20(23(31)29-2)22(34-24(16)30-19)12-5-7-14(26)8-6-12/h5-11H,3-4H2,1-2H3,(H,29,31)(H,32,33). The van der Waals surface area contributed by atoms with Gasteiger partial charge in [0.05, 0.1) is 22.2 Å². The number of carboxylic acid groups (broad SMARTS) is 1. The number of carboxylic acids is 1. The lowest BCUT2D eigenvalue weighted by atomic mass is 9.96. The molecular formula is C25H19F3N2O4. The molecule has 0 aliphatic heterocycles. The third-order valence-electron chi connectivity index (χ3n) is 5.38. The summed E-state index contributed by atoms with van der Waals surface area (Å²) >= 11 is 0. The molecule has 0 unspecified atom stereocenters. The fraction of sp³-hybridized carbons (Fsp3) is 0.160. The molecule has 0 bridgehead atoms. The molecule has 1 amide bonds. The highest BCUT2D eigenvalue weighted by atomic mass is 19.2. The van der Waals surface area contributed by atoms with E-state index in [1.54, 1.807) is 6.07 Å². The van der Waals surface area contributed by atoms with E-state index in [0.29, 0.717) is 29.7 Å². The van der Waals surface area contributed by atoms with E-state index in [4.69, 9.17) is 4.42 Å². The van der Waals surface area contributed by atoms with E-state index in [0.717, 1.165) is 12.1 Å². The molecule has 0 radical (unpaired) electrons. The van der Waals surface area contributed by atoms with Crippen molar-refractivity contribution in [1.82, 2.24) is 10.3 Å². The number of hydrogen-bond donors (Lipinski definition) is 2. The number of rotatable bonds is 6. The van der Waals surface area contributed by atoms with Gasteiger partial charge >= 0.3 is 5.97 Å². The van der Waals surface area contributed by atoms with Crippen molar-refractivity contribution in [2.75, 3.05) is 7.05 Å². The largest absolute Gasteiger partial charge is 0.478 e. The Labute approximate surface area is 192 Å². The number of carbonyl (C=O) groups is 2. The highest BCUT2D eigenvalue weighted by Crippen LogP contribution is 2.37.